The molecule has 62 heavy (non-hydrogen) atoms. The van der Waals surface area contributed by atoms with Gasteiger partial charge in [0.1, 0.15) is 0 Å². The number of benzene rings is 7. The Morgan fingerprint density at radius 3 is 1.77 bits per heavy atom. The van der Waals surface area contributed by atoms with Gasteiger partial charge in [0.05, 0.1) is 11.4 Å². The van der Waals surface area contributed by atoms with E-state index in [1.807, 2.05) is 11.3 Å². The largest absolute Gasteiger partial charge is 0.311 e. The molecule has 0 radical (unpaired) electrons. The second-order valence-corrected chi connectivity index (χ2v) is 22.5. The fraction of sp³-hybridized carbons (Fsp3) is 0.241. The molecule has 7 aromatic carbocycles. The number of rotatable bonds is 2. The molecule has 0 fully saturated rings. The maximum absolute atomic E-state index is 2.63. The second-order valence-electron chi connectivity index (χ2n) is 21.4. The van der Waals surface area contributed by atoms with Crippen molar-refractivity contribution in [3.8, 4) is 22.3 Å². The molecule has 4 aliphatic rings. The topological polar surface area (TPSA) is 6.48 Å². The predicted octanol–water partition coefficient (Wildman–Crippen LogP) is 14.2. The zero-order chi connectivity index (χ0) is 42.8. The van der Waals surface area contributed by atoms with Gasteiger partial charge < -0.3 is 9.80 Å². The minimum atomic E-state index is -0.105. The average molecular weight is 821 g/mol. The van der Waals surface area contributed by atoms with Crippen molar-refractivity contribution in [3.05, 3.63) is 173 Å². The standard InChI is InChI=1S/C58H53BN2S/c1-55(2,3)34-25-28-36(29-26-34)60-48-23-16-24-49-52(48)59(54-53(60)40-32-39-37-17-11-13-19-41(37)58(9,10)44(39)33-50(40)62-54)45-31-35(56(4,5)6)27-30-46(45)61(49)47-22-15-21-43-51(47)38-18-12-14-20-42(38)57(43,7)8/h11-33H,1-10H3. The Morgan fingerprint density at radius 2 is 1.06 bits per heavy atom. The summed E-state index contributed by atoms with van der Waals surface area (Å²) in [5.74, 6) is 0. The first kappa shape index (κ1) is 37.9. The summed E-state index contributed by atoms with van der Waals surface area (Å²) in [5, 5.41) is 1.34. The van der Waals surface area contributed by atoms with Crippen LogP contribution in [0.4, 0.5) is 34.1 Å². The number of nitrogens with zero attached hydrogens (tertiary/aromatic N) is 2. The van der Waals surface area contributed by atoms with Gasteiger partial charge in [-0.25, -0.2) is 0 Å². The Labute approximate surface area is 372 Å². The van der Waals surface area contributed by atoms with Gasteiger partial charge in [0.15, 0.2) is 0 Å². The number of thiophene rings is 1. The molecule has 8 aromatic rings. The van der Waals surface area contributed by atoms with Crippen LogP contribution >= 0.6 is 11.3 Å². The van der Waals surface area contributed by atoms with E-state index in [1.54, 1.807) is 0 Å². The van der Waals surface area contributed by atoms with Crippen LogP contribution in [0.3, 0.4) is 0 Å². The molecule has 0 N–H and O–H groups in total. The molecule has 3 heterocycles. The number of anilines is 6. The lowest BCUT2D eigenvalue weighted by molar-refractivity contribution is 0.590. The molecule has 0 spiro atoms. The smallest absolute Gasteiger partial charge is 0.264 e. The van der Waals surface area contributed by atoms with Crippen molar-refractivity contribution < 1.29 is 0 Å². The molecule has 0 amide bonds. The first-order valence-electron chi connectivity index (χ1n) is 22.5. The molecule has 0 saturated heterocycles. The lowest BCUT2D eigenvalue weighted by Crippen LogP contribution is -2.60. The van der Waals surface area contributed by atoms with Gasteiger partial charge >= 0.3 is 0 Å². The second kappa shape index (κ2) is 12.4. The Morgan fingerprint density at radius 1 is 0.484 bits per heavy atom. The summed E-state index contributed by atoms with van der Waals surface area (Å²) >= 11 is 2.01. The normalized spacial score (nSPS) is 16.1. The minimum absolute atomic E-state index is 0.0190. The molecule has 0 saturated carbocycles. The molecular formula is C58H53BN2S. The predicted molar refractivity (Wildman–Crippen MR) is 268 cm³/mol. The summed E-state index contributed by atoms with van der Waals surface area (Å²) in [6.07, 6.45) is 0. The Bertz CT molecular complexity index is 3220. The van der Waals surface area contributed by atoms with Gasteiger partial charge in [-0.2, -0.15) is 0 Å². The van der Waals surface area contributed by atoms with E-state index in [9.17, 15) is 0 Å². The van der Waals surface area contributed by atoms with Crippen molar-refractivity contribution in [2.45, 2.75) is 90.9 Å². The molecular weight excluding hydrogens is 768 g/mol. The number of fused-ring (bicyclic) bond motifs is 12. The fourth-order valence-electron chi connectivity index (χ4n) is 11.6. The zero-order valence-corrected chi connectivity index (χ0v) is 38.5. The van der Waals surface area contributed by atoms with Crippen molar-refractivity contribution in [3.63, 3.8) is 0 Å². The molecule has 0 bridgehead atoms. The minimum Gasteiger partial charge on any atom is -0.311 e. The molecule has 2 aliphatic carbocycles. The van der Waals surface area contributed by atoms with E-state index >= 15 is 0 Å². The lowest BCUT2D eigenvalue weighted by atomic mass is 9.36. The van der Waals surface area contributed by atoms with Crippen LogP contribution in [0.2, 0.25) is 0 Å². The molecule has 2 nitrogen and oxygen atoms in total. The van der Waals surface area contributed by atoms with E-state index in [0.717, 1.165) is 0 Å². The zero-order valence-electron chi connectivity index (χ0n) is 37.7. The van der Waals surface area contributed by atoms with Crippen molar-refractivity contribution in [2.75, 3.05) is 9.80 Å². The van der Waals surface area contributed by atoms with Gasteiger partial charge in [0, 0.05) is 54.0 Å². The van der Waals surface area contributed by atoms with E-state index < -0.39 is 0 Å². The van der Waals surface area contributed by atoms with E-state index in [0.29, 0.717) is 0 Å². The van der Waals surface area contributed by atoms with Crippen LogP contribution in [0.1, 0.15) is 103 Å². The van der Waals surface area contributed by atoms with Gasteiger partial charge in [-0.05, 0) is 120 Å². The van der Waals surface area contributed by atoms with Crippen molar-refractivity contribution in [1.29, 1.82) is 0 Å². The number of hydrogen-bond acceptors (Lipinski definition) is 3. The average Bonchev–Trinajstić information content (AvgIpc) is 3.81. The van der Waals surface area contributed by atoms with Gasteiger partial charge in [-0.15, -0.1) is 11.3 Å². The first-order chi connectivity index (χ1) is 29.5. The molecule has 0 unspecified atom stereocenters. The lowest BCUT2D eigenvalue weighted by Gasteiger charge is -2.44. The van der Waals surface area contributed by atoms with Crippen LogP contribution in [0.15, 0.2) is 140 Å². The molecule has 0 atom stereocenters. The SMILES string of the molecule is CC(C)(C)c1ccc(N2c3cccc4c3B(c3cc(C(C)(C)C)ccc3N4c3cccc4c3-c3ccccc3C4(C)C)c3sc4cc5c(cc4c32)-c2ccccc2C5(C)C)cc1. The quantitative estimate of drug-likeness (QED) is 0.160. The summed E-state index contributed by atoms with van der Waals surface area (Å²) in [6, 6.07) is 54.2. The van der Waals surface area contributed by atoms with Crippen LogP contribution in [0.25, 0.3) is 32.3 Å². The van der Waals surface area contributed by atoms with Gasteiger partial charge in [-0.1, -0.05) is 160 Å². The number of hydrogen-bond donors (Lipinski definition) is 0. The Balaban J connectivity index is 1.18. The molecule has 12 rings (SSSR count). The van der Waals surface area contributed by atoms with E-state index in [1.165, 1.54) is 116 Å². The maximum atomic E-state index is 2.63. The van der Waals surface area contributed by atoms with E-state index in [-0.39, 0.29) is 28.4 Å². The third-order valence-electron chi connectivity index (χ3n) is 15.0. The summed E-state index contributed by atoms with van der Waals surface area (Å²) in [7, 11) is 0. The van der Waals surface area contributed by atoms with Crippen molar-refractivity contribution in [2.24, 2.45) is 0 Å². The molecule has 2 aliphatic heterocycles. The maximum Gasteiger partial charge on any atom is 0.264 e. The highest BCUT2D eigenvalue weighted by Crippen LogP contribution is 2.57. The highest BCUT2D eigenvalue weighted by Gasteiger charge is 2.47. The Hall–Kier alpha value is -5.84. The fourth-order valence-corrected chi connectivity index (χ4v) is 13.0. The third kappa shape index (κ3) is 4.99. The van der Waals surface area contributed by atoms with E-state index in [4.69, 9.17) is 0 Å². The van der Waals surface area contributed by atoms with Gasteiger partial charge in [0.2, 0.25) is 0 Å². The summed E-state index contributed by atoms with van der Waals surface area (Å²) in [5.41, 5.74) is 23.9. The van der Waals surface area contributed by atoms with Crippen LogP contribution < -0.4 is 25.5 Å². The van der Waals surface area contributed by atoms with Crippen molar-refractivity contribution >= 4 is 78.0 Å². The molecule has 304 valence electrons. The van der Waals surface area contributed by atoms with Crippen LogP contribution in [-0.4, -0.2) is 6.71 Å². The van der Waals surface area contributed by atoms with Crippen LogP contribution in [0, 0.1) is 0 Å². The van der Waals surface area contributed by atoms with Gasteiger partial charge in [0.25, 0.3) is 6.71 Å². The van der Waals surface area contributed by atoms with Crippen LogP contribution in [0.5, 0.6) is 0 Å². The summed E-state index contributed by atoms with van der Waals surface area (Å²) in [6.45, 7) is 23.6. The Kier molecular flexibility index (Phi) is 7.59. The van der Waals surface area contributed by atoms with E-state index in [2.05, 4.69) is 219 Å². The molecule has 4 heteroatoms. The first-order valence-corrected chi connectivity index (χ1v) is 23.3. The van der Waals surface area contributed by atoms with Crippen LogP contribution in [-0.2, 0) is 21.7 Å². The molecule has 1 aromatic heterocycles. The summed E-state index contributed by atoms with van der Waals surface area (Å²) in [4.78, 5) is 5.25. The highest BCUT2D eigenvalue weighted by atomic mass is 32.1. The third-order valence-corrected chi connectivity index (χ3v) is 16.2. The monoisotopic (exact) mass is 820 g/mol. The highest BCUT2D eigenvalue weighted by molar-refractivity contribution is 7.33. The summed E-state index contributed by atoms with van der Waals surface area (Å²) < 4.78 is 2.78. The van der Waals surface area contributed by atoms with Gasteiger partial charge in [-0.3, -0.25) is 0 Å². The van der Waals surface area contributed by atoms with Crippen molar-refractivity contribution in [1.82, 2.24) is 0 Å².